The lowest BCUT2D eigenvalue weighted by Crippen LogP contribution is -2.33. The Morgan fingerprint density at radius 1 is 1.07 bits per heavy atom. The molecule has 2 heterocycles. The van der Waals surface area contributed by atoms with Crippen molar-refractivity contribution in [2.24, 2.45) is 5.92 Å². The van der Waals surface area contributed by atoms with Crippen molar-refractivity contribution in [2.75, 3.05) is 18.6 Å². The molecule has 0 spiro atoms. The van der Waals surface area contributed by atoms with Gasteiger partial charge in [-0.25, -0.2) is 4.68 Å². The third-order valence-electron chi connectivity index (χ3n) is 5.21. The first-order valence-corrected chi connectivity index (χ1v) is 9.41. The van der Waals surface area contributed by atoms with Crippen molar-refractivity contribution in [1.29, 1.82) is 0 Å². The van der Waals surface area contributed by atoms with Crippen molar-refractivity contribution in [2.45, 2.75) is 32.9 Å². The van der Waals surface area contributed by atoms with E-state index in [4.69, 9.17) is 4.74 Å². The molecule has 1 aliphatic heterocycles. The molecule has 0 radical (unpaired) electrons. The Balaban J connectivity index is 1.64. The molecule has 2 aromatic carbocycles. The second-order valence-corrected chi connectivity index (χ2v) is 7.30. The van der Waals surface area contributed by atoms with Crippen LogP contribution in [0.5, 0.6) is 5.75 Å². The molecule has 0 unspecified atom stereocenters. The molecule has 0 fully saturated rings. The zero-order valence-electron chi connectivity index (χ0n) is 16.0. The van der Waals surface area contributed by atoms with Crippen molar-refractivity contribution >= 4 is 5.69 Å². The van der Waals surface area contributed by atoms with Crippen LogP contribution in [0.1, 0.15) is 36.8 Å². The average molecular weight is 363 g/mol. The highest BCUT2D eigenvalue weighted by molar-refractivity contribution is 5.59. The van der Waals surface area contributed by atoms with Gasteiger partial charge in [0.1, 0.15) is 5.75 Å². The van der Waals surface area contributed by atoms with Crippen LogP contribution in [0, 0.1) is 5.92 Å². The number of methoxy groups -OCH3 is 1. The number of tetrazole rings is 1. The van der Waals surface area contributed by atoms with Gasteiger partial charge in [-0.2, -0.15) is 0 Å². The van der Waals surface area contributed by atoms with E-state index in [2.05, 4.69) is 70.7 Å². The fraction of sp³-hybridized carbons (Fsp3) is 0.381. The molecule has 27 heavy (non-hydrogen) atoms. The maximum Gasteiger partial charge on any atom is 0.174 e. The van der Waals surface area contributed by atoms with Crippen LogP contribution in [0.4, 0.5) is 5.69 Å². The number of ether oxygens (including phenoxy) is 1. The van der Waals surface area contributed by atoms with Gasteiger partial charge in [-0.3, -0.25) is 0 Å². The number of fused-ring (bicyclic) bond motifs is 1. The number of para-hydroxylation sites is 1. The Bertz CT molecular complexity index is 903. The van der Waals surface area contributed by atoms with Gasteiger partial charge in [0.25, 0.3) is 0 Å². The van der Waals surface area contributed by atoms with E-state index in [0.29, 0.717) is 12.5 Å². The molecule has 0 saturated heterocycles. The number of anilines is 1. The number of hydrogen-bond donors (Lipinski definition) is 0. The maximum absolute atomic E-state index is 5.24. The summed E-state index contributed by atoms with van der Waals surface area (Å²) >= 11 is 0. The molecule has 140 valence electrons. The van der Waals surface area contributed by atoms with Crippen LogP contribution in [0.15, 0.2) is 48.5 Å². The SMILES string of the molecule is COc1ccc(Cn2nnnc2[C@@H](C(C)C)N2CCc3ccccc32)cc1. The standard InChI is InChI=1S/C21H25N5O/c1-15(2)20(25-13-12-17-6-4-5-7-19(17)25)21-22-23-24-26(21)14-16-8-10-18(27-3)11-9-16/h4-11,15,20H,12-14H2,1-3H3/t20-/m1/s1. The van der Waals surface area contributed by atoms with E-state index in [1.807, 2.05) is 16.8 Å². The Kier molecular flexibility index (Phi) is 4.79. The number of hydrogen-bond acceptors (Lipinski definition) is 5. The summed E-state index contributed by atoms with van der Waals surface area (Å²) in [6, 6.07) is 16.8. The van der Waals surface area contributed by atoms with Crippen LogP contribution < -0.4 is 9.64 Å². The number of aromatic nitrogens is 4. The fourth-order valence-electron chi connectivity index (χ4n) is 3.89. The second-order valence-electron chi connectivity index (χ2n) is 7.30. The topological polar surface area (TPSA) is 56.1 Å². The first-order chi connectivity index (χ1) is 13.2. The van der Waals surface area contributed by atoms with Crippen LogP contribution in [0.2, 0.25) is 0 Å². The molecule has 6 nitrogen and oxygen atoms in total. The molecule has 1 aromatic heterocycles. The van der Waals surface area contributed by atoms with Crippen molar-refractivity contribution in [3.8, 4) is 5.75 Å². The molecular formula is C21H25N5O. The zero-order chi connectivity index (χ0) is 18.8. The minimum absolute atomic E-state index is 0.141. The summed E-state index contributed by atoms with van der Waals surface area (Å²) in [5.41, 5.74) is 3.85. The number of rotatable bonds is 6. The van der Waals surface area contributed by atoms with E-state index in [1.165, 1.54) is 11.3 Å². The predicted octanol–water partition coefficient (Wildman–Crippen LogP) is 3.49. The third kappa shape index (κ3) is 3.39. The lowest BCUT2D eigenvalue weighted by molar-refractivity contribution is 0.414. The van der Waals surface area contributed by atoms with Gasteiger partial charge in [0.2, 0.25) is 0 Å². The average Bonchev–Trinajstić information content (AvgIpc) is 3.31. The molecule has 1 atom stereocenters. The van der Waals surface area contributed by atoms with E-state index in [-0.39, 0.29) is 6.04 Å². The molecule has 0 aliphatic carbocycles. The highest BCUT2D eigenvalue weighted by atomic mass is 16.5. The summed E-state index contributed by atoms with van der Waals surface area (Å²) < 4.78 is 7.17. The van der Waals surface area contributed by atoms with Gasteiger partial charge in [0.15, 0.2) is 5.82 Å². The Hall–Kier alpha value is -2.89. The van der Waals surface area contributed by atoms with E-state index in [0.717, 1.165) is 30.1 Å². The summed E-state index contributed by atoms with van der Waals surface area (Å²) in [6.07, 6.45) is 1.07. The van der Waals surface area contributed by atoms with Crippen molar-refractivity contribution in [3.05, 3.63) is 65.5 Å². The summed E-state index contributed by atoms with van der Waals surface area (Å²) in [6.45, 7) is 6.11. The summed E-state index contributed by atoms with van der Waals surface area (Å²) in [7, 11) is 1.68. The molecule has 0 saturated carbocycles. The minimum atomic E-state index is 0.141. The highest BCUT2D eigenvalue weighted by Gasteiger charge is 2.33. The monoisotopic (exact) mass is 363 g/mol. The molecule has 4 rings (SSSR count). The maximum atomic E-state index is 5.24. The van der Waals surface area contributed by atoms with Gasteiger partial charge >= 0.3 is 0 Å². The lowest BCUT2D eigenvalue weighted by atomic mass is 10.0. The van der Waals surface area contributed by atoms with Crippen LogP contribution >= 0.6 is 0 Å². The number of nitrogens with zero attached hydrogens (tertiary/aromatic N) is 5. The van der Waals surface area contributed by atoms with E-state index < -0.39 is 0 Å². The van der Waals surface area contributed by atoms with Gasteiger partial charge in [0, 0.05) is 12.2 Å². The van der Waals surface area contributed by atoms with E-state index in [1.54, 1.807) is 7.11 Å². The van der Waals surface area contributed by atoms with Gasteiger partial charge in [-0.1, -0.05) is 44.2 Å². The van der Waals surface area contributed by atoms with Crippen molar-refractivity contribution in [3.63, 3.8) is 0 Å². The molecule has 3 aromatic rings. The molecule has 0 N–H and O–H groups in total. The third-order valence-corrected chi connectivity index (χ3v) is 5.21. The van der Waals surface area contributed by atoms with E-state index in [9.17, 15) is 0 Å². The zero-order valence-corrected chi connectivity index (χ0v) is 16.0. The summed E-state index contributed by atoms with van der Waals surface area (Å²) in [4.78, 5) is 2.45. The molecule has 0 amide bonds. The minimum Gasteiger partial charge on any atom is -0.497 e. The van der Waals surface area contributed by atoms with Gasteiger partial charge in [-0.05, 0) is 52.1 Å². The fourth-order valence-corrected chi connectivity index (χ4v) is 3.89. The second kappa shape index (κ2) is 7.39. The first-order valence-electron chi connectivity index (χ1n) is 9.41. The van der Waals surface area contributed by atoms with E-state index >= 15 is 0 Å². The molecular weight excluding hydrogens is 338 g/mol. The summed E-state index contributed by atoms with van der Waals surface area (Å²) in [5.74, 6) is 2.15. The smallest absolute Gasteiger partial charge is 0.174 e. The van der Waals surface area contributed by atoms with Crippen LogP contribution in [-0.4, -0.2) is 33.9 Å². The Morgan fingerprint density at radius 3 is 2.59 bits per heavy atom. The van der Waals surface area contributed by atoms with Crippen LogP contribution in [-0.2, 0) is 13.0 Å². The predicted molar refractivity (Wildman–Crippen MR) is 105 cm³/mol. The largest absolute Gasteiger partial charge is 0.497 e. The van der Waals surface area contributed by atoms with Gasteiger partial charge in [0.05, 0.1) is 19.7 Å². The van der Waals surface area contributed by atoms with Crippen molar-refractivity contribution < 1.29 is 4.74 Å². The lowest BCUT2D eigenvalue weighted by Gasteiger charge is -2.32. The Morgan fingerprint density at radius 2 is 1.85 bits per heavy atom. The van der Waals surface area contributed by atoms with Crippen LogP contribution in [0.25, 0.3) is 0 Å². The highest BCUT2D eigenvalue weighted by Crippen LogP contribution is 2.37. The number of benzene rings is 2. The normalized spacial score (nSPS) is 14.4. The quantitative estimate of drug-likeness (QED) is 0.671. The van der Waals surface area contributed by atoms with Crippen molar-refractivity contribution in [1.82, 2.24) is 20.2 Å². The molecule has 6 heteroatoms. The van der Waals surface area contributed by atoms with Crippen LogP contribution in [0.3, 0.4) is 0 Å². The first kappa shape index (κ1) is 17.5. The van der Waals surface area contributed by atoms with Gasteiger partial charge in [-0.15, -0.1) is 5.10 Å². The molecule has 0 bridgehead atoms. The van der Waals surface area contributed by atoms with Gasteiger partial charge < -0.3 is 9.64 Å². The Labute approximate surface area is 159 Å². The summed E-state index contributed by atoms with van der Waals surface area (Å²) in [5, 5.41) is 12.7. The molecule has 1 aliphatic rings.